The third-order valence-corrected chi connectivity index (χ3v) is 3.63. The lowest BCUT2D eigenvalue weighted by Crippen LogP contribution is -1.98. The molecular formula is C16H11FN2. The molecule has 0 atom stereocenters. The van der Waals surface area contributed by atoms with Crippen LogP contribution >= 0.6 is 0 Å². The van der Waals surface area contributed by atoms with E-state index in [2.05, 4.69) is 27.8 Å². The zero-order valence-electron chi connectivity index (χ0n) is 10.4. The highest BCUT2D eigenvalue weighted by molar-refractivity contribution is 6.00. The average molecular weight is 250 g/mol. The molecular weight excluding hydrogens is 239 g/mol. The number of halogens is 1. The molecule has 0 radical (unpaired) electrons. The molecule has 2 aromatic rings. The highest BCUT2D eigenvalue weighted by Crippen LogP contribution is 2.34. The van der Waals surface area contributed by atoms with Crippen LogP contribution in [0.4, 0.5) is 4.39 Å². The lowest BCUT2D eigenvalue weighted by Gasteiger charge is -2.10. The fourth-order valence-corrected chi connectivity index (χ4v) is 2.70. The van der Waals surface area contributed by atoms with Crippen molar-refractivity contribution in [3.05, 3.63) is 54.3 Å². The quantitative estimate of drug-likeness (QED) is 0.461. The Morgan fingerprint density at radius 2 is 1.89 bits per heavy atom. The van der Waals surface area contributed by atoms with Crippen LogP contribution in [0.1, 0.15) is 0 Å². The first-order valence-corrected chi connectivity index (χ1v) is 6.17. The predicted molar refractivity (Wildman–Crippen MR) is 74.8 cm³/mol. The fourth-order valence-electron chi connectivity index (χ4n) is 2.70. The second kappa shape index (κ2) is 3.54. The van der Waals surface area contributed by atoms with Gasteiger partial charge in [-0.2, -0.15) is 0 Å². The molecule has 2 aromatic carbocycles. The molecule has 2 heterocycles. The van der Waals surface area contributed by atoms with E-state index in [0.717, 1.165) is 33.2 Å². The zero-order valence-corrected chi connectivity index (χ0v) is 10.4. The van der Waals surface area contributed by atoms with Gasteiger partial charge in [-0.05, 0) is 35.7 Å². The van der Waals surface area contributed by atoms with Crippen molar-refractivity contribution in [3.63, 3.8) is 0 Å². The SMILES string of the molecule is Cn1c2nc3ccc(F)cc3c-2cc2ccccc21. The smallest absolute Gasteiger partial charge is 0.141 e. The molecule has 0 spiro atoms. The van der Waals surface area contributed by atoms with Crippen LogP contribution in [0.2, 0.25) is 0 Å². The van der Waals surface area contributed by atoms with Crippen LogP contribution in [0, 0.1) is 5.82 Å². The van der Waals surface area contributed by atoms with E-state index in [1.807, 2.05) is 19.2 Å². The first kappa shape index (κ1) is 10.5. The number of para-hydroxylation sites is 1. The molecule has 0 amide bonds. The largest absolute Gasteiger partial charge is 0.328 e. The Balaban J connectivity index is 2.26. The Hall–Kier alpha value is -2.42. The van der Waals surface area contributed by atoms with E-state index in [0.29, 0.717) is 0 Å². The van der Waals surface area contributed by atoms with Crippen molar-refractivity contribution in [2.45, 2.75) is 0 Å². The summed E-state index contributed by atoms with van der Waals surface area (Å²) in [5, 5.41) is 2.01. The van der Waals surface area contributed by atoms with Crippen molar-refractivity contribution in [3.8, 4) is 11.4 Å². The first-order valence-electron chi connectivity index (χ1n) is 6.17. The minimum Gasteiger partial charge on any atom is -0.328 e. The van der Waals surface area contributed by atoms with Crippen LogP contribution in [0.5, 0.6) is 0 Å². The van der Waals surface area contributed by atoms with E-state index >= 15 is 0 Å². The molecule has 3 heteroatoms. The van der Waals surface area contributed by atoms with E-state index < -0.39 is 0 Å². The maximum atomic E-state index is 13.4. The third-order valence-electron chi connectivity index (χ3n) is 3.63. The van der Waals surface area contributed by atoms with Gasteiger partial charge in [0, 0.05) is 23.5 Å². The van der Waals surface area contributed by atoms with E-state index in [9.17, 15) is 4.39 Å². The number of hydrogen-bond donors (Lipinski definition) is 0. The number of fused-ring (bicyclic) bond motifs is 4. The van der Waals surface area contributed by atoms with Gasteiger partial charge in [0.2, 0.25) is 0 Å². The van der Waals surface area contributed by atoms with Crippen molar-refractivity contribution in [2.24, 2.45) is 7.05 Å². The first-order chi connectivity index (χ1) is 9.24. The summed E-state index contributed by atoms with van der Waals surface area (Å²) in [5.74, 6) is 0.664. The molecule has 4 rings (SSSR count). The second-order valence-electron chi connectivity index (χ2n) is 4.77. The van der Waals surface area contributed by atoms with E-state index in [1.165, 1.54) is 6.07 Å². The molecule has 0 N–H and O–H groups in total. The molecule has 0 unspecified atom stereocenters. The Labute approximate surface area is 109 Å². The van der Waals surface area contributed by atoms with Gasteiger partial charge in [0.15, 0.2) is 0 Å². The van der Waals surface area contributed by atoms with Crippen LogP contribution in [-0.4, -0.2) is 9.55 Å². The molecule has 0 saturated heterocycles. The number of hydrogen-bond acceptors (Lipinski definition) is 1. The average Bonchev–Trinajstić information content (AvgIpc) is 2.78. The molecule has 2 nitrogen and oxygen atoms in total. The van der Waals surface area contributed by atoms with Gasteiger partial charge < -0.3 is 4.57 Å². The third kappa shape index (κ3) is 1.38. The van der Waals surface area contributed by atoms with Gasteiger partial charge in [-0.3, -0.25) is 0 Å². The van der Waals surface area contributed by atoms with Gasteiger partial charge in [-0.1, -0.05) is 18.2 Å². The lowest BCUT2D eigenvalue weighted by molar-refractivity contribution is 0.630. The normalized spacial score (nSPS) is 11.7. The van der Waals surface area contributed by atoms with Crippen molar-refractivity contribution >= 4 is 21.8 Å². The number of rotatable bonds is 0. The number of nitrogens with zero attached hydrogens (tertiary/aromatic N) is 2. The van der Waals surface area contributed by atoms with Gasteiger partial charge >= 0.3 is 0 Å². The maximum Gasteiger partial charge on any atom is 0.141 e. The van der Waals surface area contributed by atoms with Gasteiger partial charge in [-0.25, -0.2) is 9.37 Å². The summed E-state index contributed by atoms with van der Waals surface area (Å²) in [7, 11) is 1.99. The molecule has 92 valence electrons. The second-order valence-corrected chi connectivity index (χ2v) is 4.77. The Bertz CT molecular complexity index is 892. The predicted octanol–water partition coefficient (Wildman–Crippen LogP) is 3.97. The van der Waals surface area contributed by atoms with Crippen molar-refractivity contribution < 1.29 is 4.39 Å². The zero-order chi connectivity index (χ0) is 13.0. The van der Waals surface area contributed by atoms with Crippen LogP contribution in [0.25, 0.3) is 33.2 Å². The molecule has 0 aliphatic carbocycles. The number of pyridine rings is 1. The van der Waals surface area contributed by atoms with Gasteiger partial charge in [0.25, 0.3) is 0 Å². The molecule has 0 bridgehead atoms. The Morgan fingerprint density at radius 3 is 2.79 bits per heavy atom. The van der Waals surface area contributed by atoms with E-state index in [-0.39, 0.29) is 5.82 Å². The minimum atomic E-state index is -0.224. The molecule has 0 fully saturated rings. The minimum absolute atomic E-state index is 0.224. The highest BCUT2D eigenvalue weighted by Gasteiger charge is 2.16. The summed E-state index contributed by atoms with van der Waals surface area (Å²) in [5.41, 5.74) is 2.95. The number of aromatic nitrogens is 2. The summed E-state index contributed by atoms with van der Waals surface area (Å²) >= 11 is 0. The Morgan fingerprint density at radius 1 is 1.05 bits per heavy atom. The topological polar surface area (TPSA) is 17.8 Å². The van der Waals surface area contributed by atoms with Gasteiger partial charge in [0.05, 0.1) is 5.52 Å². The van der Waals surface area contributed by atoms with Crippen LogP contribution in [0.15, 0.2) is 48.5 Å². The number of benzene rings is 2. The molecule has 0 saturated carbocycles. The van der Waals surface area contributed by atoms with Gasteiger partial charge in [-0.15, -0.1) is 0 Å². The highest BCUT2D eigenvalue weighted by atomic mass is 19.1. The van der Waals surface area contributed by atoms with E-state index in [1.54, 1.807) is 12.1 Å². The summed E-state index contributed by atoms with van der Waals surface area (Å²) in [4.78, 5) is 4.60. The van der Waals surface area contributed by atoms with Crippen molar-refractivity contribution in [1.29, 1.82) is 0 Å². The summed E-state index contributed by atoms with van der Waals surface area (Å²) in [6, 6.07) is 15.0. The molecule has 2 aliphatic rings. The van der Waals surface area contributed by atoms with Crippen LogP contribution < -0.4 is 0 Å². The summed E-state index contributed by atoms with van der Waals surface area (Å²) in [6.45, 7) is 0. The molecule has 19 heavy (non-hydrogen) atoms. The lowest BCUT2D eigenvalue weighted by atomic mass is 10.1. The van der Waals surface area contributed by atoms with E-state index in [4.69, 9.17) is 0 Å². The number of aryl methyl sites for hydroxylation is 1. The van der Waals surface area contributed by atoms with Gasteiger partial charge in [0.1, 0.15) is 11.6 Å². The molecule has 2 aliphatic heterocycles. The summed E-state index contributed by atoms with van der Waals surface area (Å²) in [6.07, 6.45) is 0. The summed E-state index contributed by atoms with van der Waals surface area (Å²) < 4.78 is 15.5. The molecule has 0 aromatic heterocycles. The van der Waals surface area contributed by atoms with Crippen molar-refractivity contribution in [2.75, 3.05) is 0 Å². The maximum absolute atomic E-state index is 13.4. The fraction of sp³-hybridized carbons (Fsp3) is 0.0625. The van der Waals surface area contributed by atoms with Crippen LogP contribution in [0.3, 0.4) is 0 Å². The van der Waals surface area contributed by atoms with Crippen LogP contribution in [-0.2, 0) is 7.05 Å². The monoisotopic (exact) mass is 250 g/mol. The van der Waals surface area contributed by atoms with Crippen molar-refractivity contribution in [1.82, 2.24) is 9.55 Å². The Kier molecular flexibility index (Phi) is 1.96. The standard InChI is InChI=1S/C16H11FN2/c1-19-15-5-3-2-4-10(15)8-13-12-9-11(17)6-7-14(12)18-16(13)19/h2-9H,1H3.